The summed E-state index contributed by atoms with van der Waals surface area (Å²) in [4.78, 5) is 19.1. The first-order valence-electron chi connectivity index (χ1n) is 10.2. The number of nitrogens with zero attached hydrogens (tertiary/aromatic N) is 3. The van der Waals surface area contributed by atoms with E-state index < -0.39 is 0 Å². The van der Waals surface area contributed by atoms with Gasteiger partial charge in [0.15, 0.2) is 0 Å². The van der Waals surface area contributed by atoms with E-state index in [9.17, 15) is 4.79 Å². The molecule has 3 rings (SSSR count). The van der Waals surface area contributed by atoms with E-state index in [0.29, 0.717) is 31.4 Å². The fourth-order valence-electron chi connectivity index (χ4n) is 3.33. The standard InChI is InChI=1S/C21H29BrN4O3/c1-15(2)28-13-3-10-23-21(27)17-8-11-26(12-9-17)14-19-24-20(25-29-19)16-4-6-18(22)7-5-16/h4-7,15,17H,3,8-14H2,1-2H3,(H,23,27). The molecule has 1 aromatic carbocycles. The van der Waals surface area contributed by atoms with Gasteiger partial charge in [-0.1, -0.05) is 21.1 Å². The van der Waals surface area contributed by atoms with Crippen molar-refractivity contribution in [3.8, 4) is 11.4 Å². The smallest absolute Gasteiger partial charge is 0.241 e. The lowest BCUT2D eigenvalue weighted by Crippen LogP contribution is -2.40. The van der Waals surface area contributed by atoms with E-state index in [1.54, 1.807) is 0 Å². The molecule has 2 heterocycles. The third-order valence-corrected chi connectivity index (χ3v) is 5.49. The molecule has 1 saturated heterocycles. The van der Waals surface area contributed by atoms with Gasteiger partial charge in [0.05, 0.1) is 12.6 Å². The number of aromatic nitrogens is 2. The highest BCUT2D eigenvalue weighted by atomic mass is 79.9. The first-order chi connectivity index (χ1) is 14.0. The molecule has 1 aliphatic rings. The van der Waals surface area contributed by atoms with Crippen molar-refractivity contribution >= 4 is 21.8 Å². The van der Waals surface area contributed by atoms with E-state index in [1.807, 2.05) is 38.1 Å². The Morgan fingerprint density at radius 3 is 2.72 bits per heavy atom. The van der Waals surface area contributed by atoms with Crippen molar-refractivity contribution in [1.82, 2.24) is 20.4 Å². The molecule has 158 valence electrons. The number of amides is 1. The molecule has 0 aliphatic carbocycles. The average molecular weight is 465 g/mol. The summed E-state index contributed by atoms with van der Waals surface area (Å²) in [5, 5.41) is 7.12. The molecule has 0 radical (unpaired) electrons. The molecule has 1 aliphatic heterocycles. The Hall–Kier alpha value is -1.77. The minimum Gasteiger partial charge on any atom is -0.379 e. The maximum absolute atomic E-state index is 12.3. The number of carbonyl (C=O) groups excluding carboxylic acids is 1. The summed E-state index contributed by atoms with van der Waals surface area (Å²) < 4.78 is 11.9. The zero-order valence-corrected chi connectivity index (χ0v) is 18.7. The van der Waals surface area contributed by atoms with Crippen LogP contribution in [0, 0.1) is 5.92 Å². The Morgan fingerprint density at radius 2 is 2.03 bits per heavy atom. The maximum atomic E-state index is 12.3. The molecule has 1 N–H and O–H groups in total. The first-order valence-corrected chi connectivity index (χ1v) is 11.0. The predicted molar refractivity (Wildman–Crippen MR) is 114 cm³/mol. The summed E-state index contributed by atoms with van der Waals surface area (Å²) in [6.45, 7) is 7.71. The molecule has 1 amide bonds. The maximum Gasteiger partial charge on any atom is 0.241 e. The number of nitrogens with one attached hydrogen (secondary N) is 1. The third kappa shape index (κ3) is 6.90. The number of piperidine rings is 1. The van der Waals surface area contributed by atoms with Gasteiger partial charge in [-0.2, -0.15) is 4.98 Å². The number of hydrogen-bond donors (Lipinski definition) is 1. The van der Waals surface area contributed by atoms with E-state index in [2.05, 4.69) is 36.3 Å². The Bertz CT molecular complexity index is 770. The van der Waals surface area contributed by atoms with Crippen LogP contribution in [0.25, 0.3) is 11.4 Å². The molecular weight excluding hydrogens is 436 g/mol. The number of carbonyl (C=O) groups is 1. The van der Waals surface area contributed by atoms with Crippen LogP contribution in [0.2, 0.25) is 0 Å². The van der Waals surface area contributed by atoms with Crippen molar-refractivity contribution in [2.24, 2.45) is 5.92 Å². The first kappa shape index (κ1) is 21.9. The molecule has 0 spiro atoms. The third-order valence-electron chi connectivity index (χ3n) is 4.96. The van der Waals surface area contributed by atoms with Gasteiger partial charge in [-0.15, -0.1) is 0 Å². The van der Waals surface area contributed by atoms with Crippen molar-refractivity contribution < 1.29 is 14.1 Å². The summed E-state index contributed by atoms with van der Waals surface area (Å²) in [5.74, 6) is 1.45. The van der Waals surface area contributed by atoms with Crippen LogP contribution in [0.15, 0.2) is 33.3 Å². The second-order valence-electron chi connectivity index (χ2n) is 7.63. The van der Waals surface area contributed by atoms with Crippen LogP contribution in [0.4, 0.5) is 0 Å². The van der Waals surface area contributed by atoms with Crippen LogP contribution in [0.5, 0.6) is 0 Å². The number of ether oxygens (including phenoxy) is 1. The SMILES string of the molecule is CC(C)OCCCNC(=O)C1CCN(Cc2nc(-c3ccc(Br)cc3)no2)CC1. The van der Waals surface area contributed by atoms with Crippen molar-refractivity contribution in [2.45, 2.75) is 45.8 Å². The van der Waals surface area contributed by atoms with E-state index in [0.717, 1.165) is 42.4 Å². The highest BCUT2D eigenvalue weighted by Gasteiger charge is 2.25. The Kier molecular flexibility index (Phi) is 8.20. The molecule has 8 heteroatoms. The summed E-state index contributed by atoms with van der Waals surface area (Å²) in [6.07, 6.45) is 2.78. The number of halogens is 1. The summed E-state index contributed by atoms with van der Waals surface area (Å²) in [6, 6.07) is 7.83. The molecule has 29 heavy (non-hydrogen) atoms. The van der Waals surface area contributed by atoms with Gasteiger partial charge in [0.25, 0.3) is 0 Å². The monoisotopic (exact) mass is 464 g/mol. The van der Waals surface area contributed by atoms with Gasteiger partial charge in [-0.25, -0.2) is 0 Å². The van der Waals surface area contributed by atoms with Gasteiger partial charge in [0, 0.05) is 29.1 Å². The van der Waals surface area contributed by atoms with Crippen molar-refractivity contribution in [1.29, 1.82) is 0 Å². The number of benzene rings is 1. The van der Waals surface area contributed by atoms with Crippen LogP contribution in [0.3, 0.4) is 0 Å². The van der Waals surface area contributed by atoms with Crippen LogP contribution < -0.4 is 5.32 Å². The van der Waals surface area contributed by atoms with Crippen LogP contribution >= 0.6 is 15.9 Å². The normalized spacial score (nSPS) is 15.7. The minimum absolute atomic E-state index is 0.0817. The van der Waals surface area contributed by atoms with Crippen LogP contribution in [-0.2, 0) is 16.1 Å². The summed E-state index contributed by atoms with van der Waals surface area (Å²) >= 11 is 3.42. The molecule has 0 saturated carbocycles. The van der Waals surface area contributed by atoms with Gasteiger partial charge in [0.2, 0.25) is 17.6 Å². The highest BCUT2D eigenvalue weighted by molar-refractivity contribution is 9.10. The fourth-order valence-corrected chi connectivity index (χ4v) is 3.59. The molecule has 1 fully saturated rings. The molecular formula is C21H29BrN4O3. The Labute approximate surface area is 180 Å². The molecule has 0 atom stereocenters. The van der Waals surface area contributed by atoms with Crippen LogP contribution in [-0.4, -0.2) is 53.3 Å². The van der Waals surface area contributed by atoms with Gasteiger partial charge in [-0.05, 0) is 70.5 Å². The Morgan fingerprint density at radius 1 is 1.31 bits per heavy atom. The number of rotatable bonds is 9. The average Bonchev–Trinajstić information content (AvgIpc) is 3.17. The highest BCUT2D eigenvalue weighted by Crippen LogP contribution is 2.21. The number of likely N-dealkylation sites (tertiary alicyclic amines) is 1. The summed E-state index contributed by atoms with van der Waals surface area (Å²) in [5.41, 5.74) is 0.928. The molecule has 7 nitrogen and oxygen atoms in total. The molecule has 1 aromatic heterocycles. The van der Waals surface area contributed by atoms with Gasteiger partial charge in [0.1, 0.15) is 0 Å². The van der Waals surface area contributed by atoms with Crippen molar-refractivity contribution in [3.05, 3.63) is 34.6 Å². The van der Waals surface area contributed by atoms with Gasteiger partial charge in [-0.3, -0.25) is 9.69 Å². The van der Waals surface area contributed by atoms with Crippen molar-refractivity contribution in [2.75, 3.05) is 26.2 Å². The van der Waals surface area contributed by atoms with E-state index in [-0.39, 0.29) is 17.9 Å². The van der Waals surface area contributed by atoms with Gasteiger partial charge < -0.3 is 14.6 Å². The summed E-state index contributed by atoms with van der Waals surface area (Å²) in [7, 11) is 0. The topological polar surface area (TPSA) is 80.5 Å². The molecule has 0 unspecified atom stereocenters. The zero-order chi connectivity index (χ0) is 20.6. The van der Waals surface area contributed by atoms with E-state index >= 15 is 0 Å². The lowest BCUT2D eigenvalue weighted by molar-refractivity contribution is -0.126. The van der Waals surface area contributed by atoms with Crippen LogP contribution in [0.1, 0.15) is 39.0 Å². The van der Waals surface area contributed by atoms with Crippen molar-refractivity contribution in [3.63, 3.8) is 0 Å². The van der Waals surface area contributed by atoms with E-state index in [1.165, 1.54) is 0 Å². The lowest BCUT2D eigenvalue weighted by atomic mass is 9.96. The Balaban J connectivity index is 1.39. The number of hydrogen-bond acceptors (Lipinski definition) is 6. The second-order valence-corrected chi connectivity index (χ2v) is 8.55. The van der Waals surface area contributed by atoms with Gasteiger partial charge >= 0.3 is 0 Å². The fraction of sp³-hybridized carbons (Fsp3) is 0.571. The lowest BCUT2D eigenvalue weighted by Gasteiger charge is -2.30. The molecule has 0 bridgehead atoms. The largest absolute Gasteiger partial charge is 0.379 e. The minimum atomic E-state index is 0.0817. The quantitative estimate of drug-likeness (QED) is 0.570. The zero-order valence-electron chi connectivity index (χ0n) is 17.1. The van der Waals surface area contributed by atoms with E-state index in [4.69, 9.17) is 9.26 Å². The molecule has 2 aromatic rings. The predicted octanol–water partition coefficient (Wildman–Crippen LogP) is 3.64. The second kappa shape index (κ2) is 10.8.